The number of sulfonamides is 1. The van der Waals surface area contributed by atoms with Crippen LogP contribution in [-0.2, 0) is 19.6 Å². The van der Waals surface area contributed by atoms with E-state index in [0.717, 1.165) is 0 Å². The van der Waals surface area contributed by atoms with Crippen LogP contribution in [0, 0.1) is 6.92 Å². The molecule has 3 N–H and O–H groups in total. The van der Waals surface area contributed by atoms with E-state index >= 15 is 0 Å². The van der Waals surface area contributed by atoms with E-state index in [1.54, 1.807) is 6.92 Å². The molecule has 1 aromatic rings. The van der Waals surface area contributed by atoms with E-state index in [1.165, 1.54) is 17.4 Å². The van der Waals surface area contributed by atoms with Gasteiger partial charge in [-0.3, -0.25) is 9.59 Å². The van der Waals surface area contributed by atoms with Crippen LogP contribution in [0.2, 0.25) is 0 Å². The lowest BCUT2D eigenvalue weighted by Crippen LogP contribution is -2.39. The van der Waals surface area contributed by atoms with Crippen molar-refractivity contribution in [2.75, 3.05) is 13.1 Å². The number of amides is 1. The second-order valence-electron chi connectivity index (χ2n) is 3.47. The largest absolute Gasteiger partial charge is 0.480 e. The summed E-state index contributed by atoms with van der Waals surface area (Å²) in [5.74, 6) is -1.91. The maximum atomic E-state index is 11.9. The summed E-state index contributed by atoms with van der Waals surface area (Å²) in [6.45, 7) is 0.584. The Hall–Kier alpha value is -0.970. The molecule has 0 saturated carbocycles. The third kappa shape index (κ3) is 4.90. The summed E-state index contributed by atoms with van der Waals surface area (Å²) in [5.41, 5.74) is 0. The lowest BCUT2D eigenvalue weighted by atomic mass is 10.5. The van der Waals surface area contributed by atoms with Gasteiger partial charge in [0.25, 0.3) is 0 Å². The molecule has 1 aromatic heterocycles. The fourth-order valence-corrected chi connectivity index (χ4v) is 4.57. The summed E-state index contributed by atoms with van der Waals surface area (Å²) in [7, 11) is -3.78. The Kier molecular flexibility index (Phi) is 5.47. The highest BCUT2D eigenvalue weighted by Gasteiger charge is 2.20. The summed E-state index contributed by atoms with van der Waals surface area (Å²) < 4.78 is 26.5. The minimum absolute atomic E-state index is 0.0930. The van der Waals surface area contributed by atoms with Gasteiger partial charge in [0.2, 0.25) is 15.9 Å². The van der Waals surface area contributed by atoms with Crippen molar-refractivity contribution in [1.29, 1.82) is 0 Å². The Bertz CT molecular complexity index is 596. The van der Waals surface area contributed by atoms with Gasteiger partial charge in [0.15, 0.2) is 0 Å². The van der Waals surface area contributed by atoms with Crippen molar-refractivity contribution in [1.82, 2.24) is 10.0 Å². The van der Waals surface area contributed by atoms with Crippen LogP contribution in [-0.4, -0.2) is 38.5 Å². The van der Waals surface area contributed by atoms with Crippen LogP contribution in [0.3, 0.4) is 0 Å². The number of aliphatic carboxylic acids is 1. The molecule has 106 valence electrons. The molecular formula is C9H11BrN2O5S2. The molecule has 0 aromatic carbocycles. The number of carboxylic acid groups (broad SMARTS) is 1. The highest BCUT2D eigenvalue weighted by Crippen LogP contribution is 2.29. The third-order valence-corrected chi connectivity index (χ3v) is 5.20. The van der Waals surface area contributed by atoms with Crippen LogP contribution in [0.5, 0.6) is 0 Å². The van der Waals surface area contributed by atoms with Gasteiger partial charge in [-0.2, -0.15) is 0 Å². The van der Waals surface area contributed by atoms with Crippen LogP contribution >= 0.6 is 27.3 Å². The van der Waals surface area contributed by atoms with Crippen molar-refractivity contribution < 1.29 is 23.1 Å². The second kappa shape index (κ2) is 6.46. The molecule has 1 rings (SSSR count). The number of thiophene rings is 1. The van der Waals surface area contributed by atoms with E-state index < -0.39 is 35.0 Å². The lowest BCUT2D eigenvalue weighted by molar-refractivity contribution is -0.137. The van der Waals surface area contributed by atoms with E-state index in [-0.39, 0.29) is 4.90 Å². The summed E-state index contributed by atoms with van der Waals surface area (Å²) in [5, 5.41) is 10.4. The predicted molar refractivity (Wildman–Crippen MR) is 72.6 cm³/mol. The first-order valence-electron chi connectivity index (χ1n) is 4.96. The Morgan fingerprint density at radius 2 is 2.05 bits per heavy atom. The zero-order valence-corrected chi connectivity index (χ0v) is 13.0. The number of halogens is 1. The molecule has 1 amide bonds. The summed E-state index contributed by atoms with van der Waals surface area (Å²) >= 11 is 4.44. The van der Waals surface area contributed by atoms with Crippen LogP contribution in [0.15, 0.2) is 14.7 Å². The molecule has 0 fully saturated rings. The predicted octanol–water partition coefficient (Wildman–Crippen LogP) is 0.298. The summed E-state index contributed by atoms with van der Waals surface area (Å²) in [4.78, 5) is 22.1. The van der Waals surface area contributed by atoms with Gasteiger partial charge in [-0.15, -0.1) is 11.3 Å². The number of hydrogen-bond donors (Lipinski definition) is 3. The van der Waals surface area contributed by atoms with Crippen molar-refractivity contribution in [3.05, 3.63) is 14.7 Å². The molecule has 0 aliphatic rings. The van der Waals surface area contributed by atoms with E-state index in [4.69, 9.17) is 5.11 Å². The number of hydrogen-bond acceptors (Lipinski definition) is 5. The number of rotatable bonds is 6. The van der Waals surface area contributed by atoms with Crippen LogP contribution in [0.4, 0.5) is 0 Å². The molecular weight excluding hydrogens is 360 g/mol. The number of carbonyl (C=O) groups excluding carboxylic acids is 1. The third-order valence-electron chi connectivity index (χ3n) is 1.99. The lowest BCUT2D eigenvalue weighted by Gasteiger charge is -2.06. The highest BCUT2D eigenvalue weighted by atomic mass is 79.9. The Labute approximate surface area is 122 Å². The van der Waals surface area contributed by atoms with Crippen LogP contribution in [0.1, 0.15) is 4.88 Å². The molecule has 0 spiro atoms. The van der Waals surface area contributed by atoms with Crippen molar-refractivity contribution >= 4 is 49.2 Å². The molecule has 19 heavy (non-hydrogen) atoms. The van der Waals surface area contributed by atoms with Crippen molar-refractivity contribution in [3.8, 4) is 0 Å². The average molecular weight is 371 g/mol. The first-order valence-corrected chi connectivity index (χ1v) is 8.05. The fourth-order valence-electron chi connectivity index (χ4n) is 1.17. The quantitative estimate of drug-likeness (QED) is 0.666. The minimum Gasteiger partial charge on any atom is -0.480 e. The Balaban J connectivity index is 2.64. The smallest absolute Gasteiger partial charge is 0.322 e. The van der Waals surface area contributed by atoms with Crippen LogP contribution < -0.4 is 10.0 Å². The molecule has 0 aliphatic carbocycles. The molecule has 0 aliphatic heterocycles. The molecule has 0 saturated heterocycles. The van der Waals surface area contributed by atoms with Gasteiger partial charge in [0.1, 0.15) is 6.54 Å². The summed E-state index contributed by atoms with van der Waals surface area (Å²) in [6.07, 6.45) is 0. The van der Waals surface area contributed by atoms with E-state index in [2.05, 4.69) is 26.0 Å². The van der Waals surface area contributed by atoms with Crippen molar-refractivity contribution in [2.24, 2.45) is 0 Å². The monoisotopic (exact) mass is 370 g/mol. The molecule has 0 bridgehead atoms. The van der Waals surface area contributed by atoms with Gasteiger partial charge in [-0.05, 0) is 28.9 Å². The molecule has 0 radical (unpaired) electrons. The summed E-state index contributed by atoms with van der Waals surface area (Å²) in [6, 6.07) is 1.44. The minimum atomic E-state index is -3.78. The van der Waals surface area contributed by atoms with Gasteiger partial charge in [0.05, 0.1) is 15.2 Å². The topological polar surface area (TPSA) is 113 Å². The molecule has 1 heterocycles. The maximum Gasteiger partial charge on any atom is 0.322 e. The Morgan fingerprint density at radius 1 is 1.42 bits per heavy atom. The highest BCUT2D eigenvalue weighted by molar-refractivity contribution is 9.11. The first-order chi connectivity index (χ1) is 8.72. The zero-order chi connectivity index (χ0) is 14.6. The number of carbonyl (C=O) groups is 2. The normalized spacial score (nSPS) is 11.3. The molecule has 0 atom stereocenters. The SMILES string of the molecule is Cc1sc(Br)cc1S(=O)(=O)NCC(=O)NCC(=O)O. The maximum absolute atomic E-state index is 11.9. The molecule has 7 nitrogen and oxygen atoms in total. The Morgan fingerprint density at radius 3 is 2.53 bits per heavy atom. The van der Waals surface area contributed by atoms with Gasteiger partial charge >= 0.3 is 5.97 Å². The fraction of sp³-hybridized carbons (Fsp3) is 0.333. The van der Waals surface area contributed by atoms with Crippen molar-refractivity contribution in [2.45, 2.75) is 11.8 Å². The number of aryl methyl sites for hydroxylation is 1. The van der Waals surface area contributed by atoms with E-state index in [1.807, 2.05) is 0 Å². The zero-order valence-electron chi connectivity index (χ0n) is 9.77. The number of nitrogens with one attached hydrogen (secondary N) is 2. The van der Waals surface area contributed by atoms with Gasteiger partial charge in [0, 0.05) is 4.88 Å². The second-order valence-corrected chi connectivity index (χ2v) is 7.84. The number of carboxylic acids is 1. The van der Waals surface area contributed by atoms with Gasteiger partial charge in [-0.1, -0.05) is 0 Å². The molecule has 10 heteroatoms. The van der Waals surface area contributed by atoms with E-state index in [9.17, 15) is 18.0 Å². The van der Waals surface area contributed by atoms with Gasteiger partial charge < -0.3 is 10.4 Å². The van der Waals surface area contributed by atoms with Crippen LogP contribution in [0.25, 0.3) is 0 Å². The van der Waals surface area contributed by atoms with Gasteiger partial charge in [-0.25, -0.2) is 13.1 Å². The van der Waals surface area contributed by atoms with E-state index in [0.29, 0.717) is 8.66 Å². The standard InChI is InChI=1S/C9H11BrN2O5S2/c1-5-6(2-7(10)18-5)19(16,17)12-3-8(13)11-4-9(14)15/h2,12H,3-4H2,1H3,(H,11,13)(H,14,15). The first kappa shape index (κ1) is 16.1. The molecule has 0 unspecified atom stereocenters. The average Bonchev–Trinajstić information content (AvgIpc) is 2.64. The van der Waals surface area contributed by atoms with Crippen molar-refractivity contribution in [3.63, 3.8) is 0 Å².